The molecule has 0 N–H and O–H groups in total. The lowest BCUT2D eigenvalue weighted by atomic mass is 9.76. The maximum Gasteiger partial charge on any atom is 0.316 e. The molecule has 170 valence electrons. The summed E-state index contributed by atoms with van der Waals surface area (Å²) in [5.74, 6) is -1.37. The van der Waals surface area contributed by atoms with Crippen LogP contribution in [0, 0.1) is 23.7 Å². The summed E-state index contributed by atoms with van der Waals surface area (Å²) >= 11 is 0. The zero-order valence-electron chi connectivity index (χ0n) is 18.5. The average Bonchev–Trinajstić information content (AvgIpc) is 3.32. The molecule has 5 rings (SSSR count). The van der Waals surface area contributed by atoms with Crippen LogP contribution in [0.4, 0.5) is 11.4 Å². The molecule has 3 aliphatic rings. The van der Waals surface area contributed by atoms with E-state index in [1.54, 1.807) is 29.2 Å². The highest BCUT2D eigenvalue weighted by Crippen LogP contribution is 2.42. The molecule has 7 heteroatoms. The lowest BCUT2D eigenvalue weighted by molar-refractivity contribution is -0.139. The van der Waals surface area contributed by atoms with Crippen LogP contribution in [-0.4, -0.2) is 30.2 Å². The summed E-state index contributed by atoms with van der Waals surface area (Å²) in [4.78, 5) is 54.0. The highest BCUT2D eigenvalue weighted by atomic mass is 16.5. The predicted octanol–water partition coefficient (Wildman–Crippen LogP) is 3.57. The predicted molar refractivity (Wildman–Crippen MR) is 121 cm³/mol. The van der Waals surface area contributed by atoms with Crippen molar-refractivity contribution in [3.63, 3.8) is 0 Å². The maximum absolute atomic E-state index is 13.0. The van der Waals surface area contributed by atoms with Crippen LogP contribution in [0.5, 0.6) is 5.75 Å². The van der Waals surface area contributed by atoms with Gasteiger partial charge in [0.05, 0.1) is 23.4 Å². The Balaban J connectivity index is 1.29. The molecule has 7 nitrogen and oxygen atoms in total. The SMILES string of the molecule is CC1CCC2C(=O)N(c3cccc(OC(=O)C4CC(=O)N(c5ccccc5)C4)c3)C(=O)C2C1. The number of fused-ring (bicyclic) bond motifs is 1. The van der Waals surface area contributed by atoms with Crippen LogP contribution in [0.2, 0.25) is 0 Å². The molecule has 0 bridgehead atoms. The van der Waals surface area contributed by atoms with Gasteiger partial charge in [-0.3, -0.25) is 19.2 Å². The fraction of sp³-hybridized carbons (Fsp3) is 0.385. The minimum absolute atomic E-state index is 0.0814. The second-order valence-corrected chi connectivity index (χ2v) is 9.30. The van der Waals surface area contributed by atoms with Crippen LogP contribution in [0.25, 0.3) is 0 Å². The molecule has 2 aromatic carbocycles. The number of nitrogens with zero attached hydrogens (tertiary/aromatic N) is 2. The van der Waals surface area contributed by atoms with Gasteiger partial charge in [-0.25, -0.2) is 4.90 Å². The number of esters is 1. The van der Waals surface area contributed by atoms with Crippen LogP contribution in [0.15, 0.2) is 54.6 Å². The Morgan fingerprint density at radius 1 is 0.909 bits per heavy atom. The van der Waals surface area contributed by atoms with Gasteiger partial charge < -0.3 is 9.64 Å². The van der Waals surface area contributed by atoms with Gasteiger partial charge in [0, 0.05) is 24.7 Å². The van der Waals surface area contributed by atoms with E-state index in [4.69, 9.17) is 4.74 Å². The summed E-state index contributed by atoms with van der Waals surface area (Å²) in [6.45, 7) is 2.37. The lowest BCUT2D eigenvalue weighted by Gasteiger charge is -2.25. The van der Waals surface area contributed by atoms with Gasteiger partial charge >= 0.3 is 5.97 Å². The quantitative estimate of drug-likeness (QED) is 0.407. The Hall–Kier alpha value is -3.48. The van der Waals surface area contributed by atoms with Crippen molar-refractivity contribution in [3.8, 4) is 5.75 Å². The minimum Gasteiger partial charge on any atom is -0.426 e. The molecule has 0 radical (unpaired) electrons. The summed E-state index contributed by atoms with van der Waals surface area (Å²) in [7, 11) is 0. The third-order valence-corrected chi connectivity index (χ3v) is 7.01. The first-order valence-electron chi connectivity index (χ1n) is 11.5. The molecular weight excluding hydrogens is 420 g/mol. The van der Waals surface area contributed by atoms with Crippen LogP contribution in [0.3, 0.4) is 0 Å². The van der Waals surface area contributed by atoms with Gasteiger partial charge in [-0.1, -0.05) is 31.2 Å². The standard InChI is InChI=1S/C26H26N2O5/c1-16-10-11-21-22(12-16)25(31)28(24(21)30)19-8-5-9-20(14-19)33-26(32)17-13-23(29)27(15-17)18-6-3-2-4-7-18/h2-9,14,16-17,21-22H,10-13,15H2,1H3. The molecule has 33 heavy (non-hydrogen) atoms. The molecule has 4 unspecified atom stereocenters. The topological polar surface area (TPSA) is 84.0 Å². The Labute approximate surface area is 192 Å². The van der Waals surface area contributed by atoms with Crippen LogP contribution in [0.1, 0.15) is 32.6 Å². The van der Waals surface area contributed by atoms with Crippen molar-refractivity contribution < 1.29 is 23.9 Å². The lowest BCUT2D eigenvalue weighted by Crippen LogP contribution is -2.31. The third-order valence-electron chi connectivity index (χ3n) is 7.01. The highest BCUT2D eigenvalue weighted by Gasteiger charge is 2.50. The van der Waals surface area contributed by atoms with Crippen molar-refractivity contribution in [2.75, 3.05) is 16.3 Å². The summed E-state index contributed by atoms with van der Waals surface area (Å²) < 4.78 is 5.57. The molecular formula is C26H26N2O5. The van der Waals surface area contributed by atoms with Crippen molar-refractivity contribution >= 4 is 35.1 Å². The maximum atomic E-state index is 13.0. The van der Waals surface area contributed by atoms with E-state index in [0.29, 0.717) is 11.6 Å². The molecule has 0 aromatic heterocycles. The zero-order chi connectivity index (χ0) is 23.1. The minimum atomic E-state index is -0.583. The number of ether oxygens (including phenoxy) is 1. The highest BCUT2D eigenvalue weighted by molar-refractivity contribution is 6.22. The van der Waals surface area contributed by atoms with Crippen LogP contribution >= 0.6 is 0 Å². The largest absolute Gasteiger partial charge is 0.426 e. The third kappa shape index (κ3) is 3.92. The number of rotatable bonds is 4. The van der Waals surface area contributed by atoms with Gasteiger partial charge in [0.2, 0.25) is 17.7 Å². The van der Waals surface area contributed by atoms with Gasteiger partial charge in [-0.2, -0.15) is 0 Å². The fourth-order valence-corrected chi connectivity index (χ4v) is 5.25. The summed E-state index contributed by atoms with van der Waals surface area (Å²) in [6, 6.07) is 15.7. The molecule has 2 aromatic rings. The van der Waals surface area contributed by atoms with E-state index >= 15 is 0 Å². The van der Waals surface area contributed by atoms with Crippen molar-refractivity contribution in [2.24, 2.45) is 23.7 Å². The van der Waals surface area contributed by atoms with Gasteiger partial charge in [0.15, 0.2) is 0 Å². The molecule has 0 spiro atoms. The molecule has 1 saturated carbocycles. The zero-order valence-corrected chi connectivity index (χ0v) is 18.5. The molecule has 3 fully saturated rings. The molecule has 2 heterocycles. The van der Waals surface area contributed by atoms with Crippen molar-refractivity contribution in [1.82, 2.24) is 0 Å². The number of anilines is 2. The molecule has 1 aliphatic carbocycles. The van der Waals surface area contributed by atoms with Crippen molar-refractivity contribution in [2.45, 2.75) is 32.6 Å². The van der Waals surface area contributed by atoms with Gasteiger partial charge in [-0.05, 0) is 49.4 Å². The number of carbonyl (C=O) groups excluding carboxylic acids is 4. The normalized spacial score (nSPS) is 27.1. The van der Waals surface area contributed by atoms with E-state index in [-0.39, 0.29) is 48.3 Å². The van der Waals surface area contributed by atoms with Crippen LogP contribution < -0.4 is 14.5 Å². The summed E-state index contributed by atoms with van der Waals surface area (Å²) in [5.41, 5.74) is 1.17. The second-order valence-electron chi connectivity index (χ2n) is 9.30. The fourth-order valence-electron chi connectivity index (χ4n) is 5.25. The molecule has 4 atom stereocenters. The van der Waals surface area contributed by atoms with E-state index in [1.165, 1.54) is 4.90 Å². The van der Waals surface area contributed by atoms with Gasteiger partial charge in [0.25, 0.3) is 0 Å². The van der Waals surface area contributed by atoms with E-state index < -0.39 is 11.9 Å². The Morgan fingerprint density at radius 2 is 1.64 bits per heavy atom. The number of amides is 3. The monoisotopic (exact) mass is 446 g/mol. The van der Waals surface area contributed by atoms with E-state index in [2.05, 4.69) is 6.92 Å². The second kappa shape index (κ2) is 8.46. The van der Waals surface area contributed by atoms with E-state index in [1.807, 2.05) is 30.3 Å². The smallest absolute Gasteiger partial charge is 0.316 e. The van der Waals surface area contributed by atoms with Gasteiger partial charge in [0.1, 0.15) is 5.75 Å². The number of hydrogen-bond acceptors (Lipinski definition) is 5. The number of hydrogen-bond donors (Lipinski definition) is 0. The molecule has 2 saturated heterocycles. The first kappa shape index (κ1) is 21.4. The Bertz CT molecular complexity index is 1110. The molecule has 2 aliphatic heterocycles. The number of para-hydroxylation sites is 1. The molecule has 3 amide bonds. The first-order valence-corrected chi connectivity index (χ1v) is 11.5. The summed E-state index contributed by atoms with van der Waals surface area (Å²) in [5, 5.41) is 0. The van der Waals surface area contributed by atoms with Crippen molar-refractivity contribution in [3.05, 3.63) is 54.6 Å². The number of carbonyl (C=O) groups is 4. The van der Waals surface area contributed by atoms with Gasteiger partial charge in [-0.15, -0.1) is 0 Å². The Kier molecular flexibility index (Phi) is 5.48. The Morgan fingerprint density at radius 3 is 2.42 bits per heavy atom. The van der Waals surface area contributed by atoms with E-state index in [9.17, 15) is 19.2 Å². The summed E-state index contributed by atoms with van der Waals surface area (Å²) in [6.07, 6.45) is 2.49. The number of benzene rings is 2. The number of imide groups is 1. The van der Waals surface area contributed by atoms with Crippen molar-refractivity contribution in [1.29, 1.82) is 0 Å². The average molecular weight is 447 g/mol. The van der Waals surface area contributed by atoms with E-state index in [0.717, 1.165) is 24.9 Å². The first-order chi connectivity index (χ1) is 15.9. The van der Waals surface area contributed by atoms with Crippen LogP contribution in [-0.2, 0) is 19.2 Å².